The second-order valence-electron chi connectivity index (χ2n) is 7.30. The van der Waals surface area contributed by atoms with Gasteiger partial charge in [0.25, 0.3) is 0 Å². The third kappa shape index (κ3) is 4.42. The molecule has 1 aromatic heterocycles. The predicted octanol–water partition coefficient (Wildman–Crippen LogP) is 5.04. The number of anilines is 3. The predicted molar refractivity (Wildman–Crippen MR) is 114 cm³/mol. The lowest BCUT2D eigenvalue weighted by atomic mass is 9.90. The van der Waals surface area contributed by atoms with E-state index in [-0.39, 0.29) is 0 Å². The average Bonchev–Trinajstić information content (AvgIpc) is 2.73. The van der Waals surface area contributed by atoms with Crippen LogP contribution in [-0.4, -0.2) is 28.3 Å². The molecule has 5 nitrogen and oxygen atoms in total. The second-order valence-corrected chi connectivity index (χ2v) is 7.71. The first-order valence-electron chi connectivity index (χ1n) is 9.70. The number of benzene rings is 2. The smallest absolute Gasteiger partial charge is 0.247 e. The van der Waals surface area contributed by atoms with Crippen molar-refractivity contribution in [3.8, 4) is 0 Å². The maximum absolute atomic E-state index is 6.21. The lowest BCUT2D eigenvalue weighted by Gasteiger charge is -2.31. The van der Waals surface area contributed by atoms with Gasteiger partial charge in [0.05, 0.1) is 6.20 Å². The Hall–Kier alpha value is -2.66. The third-order valence-corrected chi connectivity index (χ3v) is 5.75. The SMILES string of the molecule is Cc1c(Cl)cccc1Nc1cnnc(N2CCC(Cc3ccccc3)CC2)n1. The number of aromatic nitrogens is 3. The first-order valence-corrected chi connectivity index (χ1v) is 10.1. The molecule has 1 aliphatic heterocycles. The highest BCUT2D eigenvalue weighted by atomic mass is 35.5. The number of hydrogen-bond acceptors (Lipinski definition) is 5. The molecule has 1 saturated heterocycles. The van der Waals surface area contributed by atoms with Gasteiger partial charge in [-0.15, -0.1) is 5.10 Å². The van der Waals surface area contributed by atoms with Gasteiger partial charge < -0.3 is 10.2 Å². The Labute approximate surface area is 170 Å². The Balaban J connectivity index is 1.39. The molecule has 0 aliphatic carbocycles. The van der Waals surface area contributed by atoms with Crippen molar-refractivity contribution >= 4 is 29.1 Å². The van der Waals surface area contributed by atoms with Crippen molar-refractivity contribution in [2.24, 2.45) is 5.92 Å². The monoisotopic (exact) mass is 393 g/mol. The summed E-state index contributed by atoms with van der Waals surface area (Å²) in [5.74, 6) is 2.08. The number of rotatable bonds is 5. The molecule has 2 aromatic carbocycles. The summed E-state index contributed by atoms with van der Waals surface area (Å²) in [6, 6.07) is 16.5. The Bertz CT molecular complexity index is 923. The molecule has 0 amide bonds. The summed E-state index contributed by atoms with van der Waals surface area (Å²) in [6.45, 7) is 3.90. The van der Waals surface area contributed by atoms with Crippen molar-refractivity contribution in [3.05, 3.63) is 70.9 Å². The van der Waals surface area contributed by atoms with Gasteiger partial charge in [0.1, 0.15) is 0 Å². The number of nitrogens with zero attached hydrogens (tertiary/aromatic N) is 4. The molecular weight excluding hydrogens is 370 g/mol. The topological polar surface area (TPSA) is 53.9 Å². The molecule has 0 spiro atoms. The average molecular weight is 394 g/mol. The van der Waals surface area contributed by atoms with Crippen LogP contribution in [0.2, 0.25) is 5.02 Å². The molecule has 4 rings (SSSR count). The van der Waals surface area contributed by atoms with Crippen LogP contribution in [0.4, 0.5) is 17.5 Å². The van der Waals surface area contributed by atoms with Crippen molar-refractivity contribution in [1.82, 2.24) is 15.2 Å². The van der Waals surface area contributed by atoms with Gasteiger partial charge in [-0.25, -0.2) is 0 Å². The normalized spacial score (nSPS) is 14.9. The van der Waals surface area contributed by atoms with Gasteiger partial charge in [0.2, 0.25) is 5.95 Å². The fourth-order valence-electron chi connectivity index (χ4n) is 3.65. The van der Waals surface area contributed by atoms with E-state index in [9.17, 15) is 0 Å². The van der Waals surface area contributed by atoms with Gasteiger partial charge in [-0.3, -0.25) is 0 Å². The molecule has 3 aromatic rings. The minimum absolute atomic E-state index is 0.682. The maximum atomic E-state index is 6.21. The van der Waals surface area contributed by atoms with Crippen LogP contribution in [0.25, 0.3) is 0 Å². The van der Waals surface area contributed by atoms with Crippen LogP contribution < -0.4 is 10.2 Å². The highest BCUT2D eigenvalue weighted by Gasteiger charge is 2.21. The Morgan fingerprint density at radius 2 is 1.86 bits per heavy atom. The van der Waals surface area contributed by atoms with Crippen LogP contribution in [-0.2, 0) is 6.42 Å². The van der Waals surface area contributed by atoms with Crippen LogP contribution in [0.3, 0.4) is 0 Å². The van der Waals surface area contributed by atoms with Crippen molar-refractivity contribution < 1.29 is 0 Å². The second kappa shape index (κ2) is 8.57. The molecule has 0 atom stereocenters. The summed E-state index contributed by atoms with van der Waals surface area (Å²) < 4.78 is 0. The van der Waals surface area contributed by atoms with Gasteiger partial charge in [-0.05, 0) is 55.4 Å². The molecule has 144 valence electrons. The highest BCUT2D eigenvalue weighted by molar-refractivity contribution is 6.31. The maximum Gasteiger partial charge on any atom is 0.247 e. The van der Waals surface area contributed by atoms with Gasteiger partial charge in [0.15, 0.2) is 5.82 Å². The van der Waals surface area contributed by atoms with E-state index in [1.807, 2.05) is 25.1 Å². The molecular formula is C22H24ClN5. The minimum Gasteiger partial charge on any atom is -0.339 e. The van der Waals surface area contributed by atoms with E-state index in [1.54, 1.807) is 6.20 Å². The van der Waals surface area contributed by atoms with E-state index in [4.69, 9.17) is 11.6 Å². The molecule has 2 heterocycles. The number of halogens is 1. The zero-order chi connectivity index (χ0) is 19.3. The van der Waals surface area contributed by atoms with Crippen molar-refractivity contribution in [3.63, 3.8) is 0 Å². The molecule has 0 radical (unpaired) electrons. The Morgan fingerprint density at radius 3 is 2.64 bits per heavy atom. The highest BCUT2D eigenvalue weighted by Crippen LogP contribution is 2.27. The third-order valence-electron chi connectivity index (χ3n) is 5.34. The van der Waals surface area contributed by atoms with E-state index >= 15 is 0 Å². The van der Waals surface area contributed by atoms with Crippen LogP contribution in [0, 0.1) is 12.8 Å². The summed E-state index contributed by atoms with van der Waals surface area (Å²) in [5.41, 5.74) is 3.34. The fraction of sp³-hybridized carbons (Fsp3) is 0.318. The van der Waals surface area contributed by atoms with E-state index in [0.29, 0.717) is 17.7 Å². The number of nitrogens with one attached hydrogen (secondary N) is 1. The Kier molecular flexibility index (Phi) is 5.72. The minimum atomic E-state index is 0.682. The molecule has 0 unspecified atom stereocenters. The van der Waals surface area contributed by atoms with E-state index < -0.39 is 0 Å². The van der Waals surface area contributed by atoms with E-state index in [0.717, 1.165) is 48.6 Å². The molecule has 0 bridgehead atoms. The summed E-state index contributed by atoms with van der Waals surface area (Å²) >= 11 is 6.21. The van der Waals surface area contributed by atoms with Crippen molar-refractivity contribution in [2.45, 2.75) is 26.2 Å². The first-order chi connectivity index (χ1) is 13.7. The molecule has 6 heteroatoms. The van der Waals surface area contributed by atoms with Crippen LogP contribution in [0.15, 0.2) is 54.7 Å². The van der Waals surface area contributed by atoms with E-state index in [1.165, 1.54) is 5.56 Å². The largest absolute Gasteiger partial charge is 0.339 e. The van der Waals surface area contributed by atoms with Gasteiger partial charge in [-0.2, -0.15) is 10.1 Å². The molecule has 1 fully saturated rings. The van der Waals surface area contributed by atoms with Crippen molar-refractivity contribution in [1.29, 1.82) is 0 Å². The molecule has 1 aliphatic rings. The number of hydrogen-bond donors (Lipinski definition) is 1. The quantitative estimate of drug-likeness (QED) is 0.658. The van der Waals surface area contributed by atoms with Crippen LogP contribution in [0.5, 0.6) is 0 Å². The van der Waals surface area contributed by atoms with E-state index in [2.05, 4.69) is 55.7 Å². The van der Waals surface area contributed by atoms with Crippen molar-refractivity contribution in [2.75, 3.05) is 23.3 Å². The molecule has 0 saturated carbocycles. The standard InChI is InChI=1S/C22H24ClN5/c1-16-19(23)8-5-9-20(16)25-21-15-24-27-22(26-21)28-12-10-18(11-13-28)14-17-6-3-2-4-7-17/h2-9,15,18H,10-14H2,1H3,(H,25,26,27). The zero-order valence-electron chi connectivity index (χ0n) is 16.0. The summed E-state index contributed by atoms with van der Waals surface area (Å²) in [4.78, 5) is 6.90. The van der Waals surface area contributed by atoms with Crippen LogP contribution in [0.1, 0.15) is 24.0 Å². The summed E-state index contributed by atoms with van der Waals surface area (Å²) in [5, 5.41) is 12.4. The number of piperidine rings is 1. The lowest BCUT2D eigenvalue weighted by molar-refractivity contribution is 0.400. The van der Waals surface area contributed by atoms with Gasteiger partial charge >= 0.3 is 0 Å². The summed E-state index contributed by atoms with van der Waals surface area (Å²) in [6.07, 6.45) is 5.07. The van der Waals surface area contributed by atoms with Gasteiger partial charge in [0, 0.05) is 23.8 Å². The zero-order valence-corrected chi connectivity index (χ0v) is 16.7. The molecule has 1 N–H and O–H groups in total. The fourth-order valence-corrected chi connectivity index (χ4v) is 3.83. The van der Waals surface area contributed by atoms with Crippen LogP contribution >= 0.6 is 11.6 Å². The first kappa shape index (κ1) is 18.7. The lowest BCUT2D eigenvalue weighted by Crippen LogP contribution is -2.35. The van der Waals surface area contributed by atoms with Gasteiger partial charge in [-0.1, -0.05) is 48.0 Å². The Morgan fingerprint density at radius 1 is 1.07 bits per heavy atom. The molecule has 28 heavy (non-hydrogen) atoms. The summed E-state index contributed by atoms with van der Waals surface area (Å²) in [7, 11) is 0.